The number of amides is 1. The Bertz CT molecular complexity index is 1030. The van der Waals surface area contributed by atoms with Crippen LogP contribution in [-0.4, -0.2) is 57.7 Å². The largest absolute Gasteiger partial charge is 0.507 e. The lowest BCUT2D eigenvalue weighted by Crippen LogP contribution is -2.33. The number of aliphatic hydroxyl groups is 1. The van der Waals surface area contributed by atoms with Gasteiger partial charge in [0.1, 0.15) is 5.76 Å². The molecule has 3 rings (SSSR count). The molecule has 2 aromatic carbocycles. The van der Waals surface area contributed by atoms with Gasteiger partial charge in [0.2, 0.25) is 0 Å². The van der Waals surface area contributed by atoms with Gasteiger partial charge in [-0.25, -0.2) is 0 Å². The van der Waals surface area contributed by atoms with Gasteiger partial charge in [-0.1, -0.05) is 56.3 Å². The normalized spacial score (nSPS) is 17.8. The number of benzene rings is 2. The molecule has 0 saturated carbocycles. The van der Waals surface area contributed by atoms with Crippen LogP contribution in [0.5, 0.6) is 0 Å². The zero-order chi connectivity index (χ0) is 23.3. The number of hydrogen-bond donors (Lipinski definition) is 1. The van der Waals surface area contributed by atoms with Crippen molar-refractivity contribution in [2.75, 3.05) is 26.2 Å². The molecule has 1 heterocycles. The van der Waals surface area contributed by atoms with Crippen LogP contribution in [0.2, 0.25) is 0 Å². The Morgan fingerprint density at radius 3 is 2.41 bits per heavy atom. The van der Waals surface area contributed by atoms with Crippen LogP contribution < -0.4 is 0 Å². The highest BCUT2D eigenvalue weighted by atomic mass is 16.6. The highest BCUT2D eigenvalue weighted by Crippen LogP contribution is 2.40. The first-order valence-corrected chi connectivity index (χ1v) is 10.7. The van der Waals surface area contributed by atoms with E-state index in [0.717, 1.165) is 19.6 Å². The summed E-state index contributed by atoms with van der Waals surface area (Å²) in [5.74, 6) is -1.78. The number of rotatable bonds is 9. The fraction of sp³-hybridized carbons (Fsp3) is 0.333. The fourth-order valence-electron chi connectivity index (χ4n) is 4.02. The van der Waals surface area contributed by atoms with Crippen molar-refractivity contribution in [2.24, 2.45) is 0 Å². The third kappa shape index (κ3) is 4.70. The Morgan fingerprint density at radius 2 is 1.78 bits per heavy atom. The molecule has 8 heteroatoms. The minimum absolute atomic E-state index is 0.0514. The minimum Gasteiger partial charge on any atom is -0.507 e. The van der Waals surface area contributed by atoms with E-state index in [-0.39, 0.29) is 17.0 Å². The van der Waals surface area contributed by atoms with Crippen LogP contribution in [0, 0.1) is 10.1 Å². The maximum atomic E-state index is 13.0. The minimum atomic E-state index is -0.896. The number of nitro groups is 1. The summed E-state index contributed by atoms with van der Waals surface area (Å²) in [5.41, 5.74) is 0.628. The number of aliphatic hydroxyl groups excluding tert-OH is 1. The number of ketones is 1. The average Bonchev–Trinajstić information content (AvgIpc) is 3.07. The summed E-state index contributed by atoms with van der Waals surface area (Å²) in [6.45, 7) is 6.89. The Morgan fingerprint density at radius 1 is 1.09 bits per heavy atom. The standard InChI is InChI=1S/C24H27N3O5/c1-3-25(4-2)14-9-15-26-21(18-12-8-13-19(16-18)27(31)32)20(23(29)24(26)30)22(28)17-10-6-5-7-11-17/h5-8,10-13,16,21,28H,3-4,9,14-15H2,1-2H3/b22-20+. The van der Waals surface area contributed by atoms with Crippen molar-refractivity contribution in [3.05, 3.63) is 81.4 Å². The Balaban J connectivity index is 2.06. The first-order valence-electron chi connectivity index (χ1n) is 10.7. The summed E-state index contributed by atoms with van der Waals surface area (Å²) >= 11 is 0. The monoisotopic (exact) mass is 437 g/mol. The zero-order valence-electron chi connectivity index (χ0n) is 18.2. The molecule has 1 aliphatic heterocycles. The molecule has 1 unspecified atom stereocenters. The molecule has 1 N–H and O–H groups in total. The molecule has 1 atom stereocenters. The maximum Gasteiger partial charge on any atom is 0.295 e. The Labute approximate surface area is 186 Å². The first kappa shape index (κ1) is 23.1. The van der Waals surface area contributed by atoms with Crippen molar-refractivity contribution in [3.63, 3.8) is 0 Å². The third-order valence-corrected chi connectivity index (χ3v) is 5.75. The van der Waals surface area contributed by atoms with Gasteiger partial charge in [-0.3, -0.25) is 19.7 Å². The van der Waals surface area contributed by atoms with Crippen molar-refractivity contribution in [1.82, 2.24) is 9.80 Å². The van der Waals surface area contributed by atoms with E-state index >= 15 is 0 Å². The van der Waals surface area contributed by atoms with Gasteiger partial charge in [-0.05, 0) is 31.6 Å². The molecule has 1 aliphatic rings. The molecule has 0 spiro atoms. The molecule has 8 nitrogen and oxygen atoms in total. The summed E-state index contributed by atoms with van der Waals surface area (Å²) in [6.07, 6.45) is 0.630. The molecule has 0 radical (unpaired) electrons. The SMILES string of the molecule is CCN(CC)CCCN1C(=O)C(=O)/C(=C(/O)c2ccccc2)C1c1cccc([N+](=O)[O-])c1. The van der Waals surface area contributed by atoms with Crippen LogP contribution in [0.4, 0.5) is 5.69 Å². The average molecular weight is 437 g/mol. The van der Waals surface area contributed by atoms with Crippen LogP contribution in [0.15, 0.2) is 60.2 Å². The van der Waals surface area contributed by atoms with Crippen LogP contribution in [0.1, 0.15) is 37.4 Å². The lowest BCUT2D eigenvalue weighted by Gasteiger charge is -2.26. The predicted molar refractivity (Wildman–Crippen MR) is 121 cm³/mol. The lowest BCUT2D eigenvalue weighted by atomic mass is 9.95. The summed E-state index contributed by atoms with van der Waals surface area (Å²) in [4.78, 5) is 40.4. The molecule has 0 aromatic heterocycles. The molecule has 0 bridgehead atoms. The van der Waals surface area contributed by atoms with Crippen LogP contribution in [0.3, 0.4) is 0 Å². The van der Waals surface area contributed by atoms with Crippen molar-refractivity contribution >= 4 is 23.1 Å². The molecule has 0 aliphatic carbocycles. The smallest absolute Gasteiger partial charge is 0.295 e. The number of nitrogens with zero attached hydrogens (tertiary/aromatic N) is 3. The summed E-state index contributed by atoms with van der Waals surface area (Å²) in [6, 6.07) is 13.5. The Hall–Kier alpha value is -3.52. The van der Waals surface area contributed by atoms with E-state index < -0.39 is 22.7 Å². The number of carbonyl (C=O) groups excluding carboxylic acids is 2. The second-order valence-corrected chi connectivity index (χ2v) is 7.59. The molecule has 32 heavy (non-hydrogen) atoms. The van der Waals surface area contributed by atoms with E-state index in [4.69, 9.17) is 0 Å². The van der Waals surface area contributed by atoms with Gasteiger partial charge >= 0.3 is 0 Å². The number of Topliss-reactive ketones (excluding diaryl/α,β-unsaturated/α-hetero) is 1. The van der Waals surface area contributed by atoms with E-state index in [1.54, 1.807) is 36.4 Å². The van der Waals surface area contributed by atoms with E-state index in [2.05, 4.69) is 18.7 Å². The quantitative estimate of drug-likeness (QED) is 0.211. The van der Waals surface area contributed by atoms with Gasteiger partial charge in [-0.15, -0.1) is 0 Å². The van der Waals surface area contributed by atoms with E-state index in [1.165, 1.54) is 23.1 Å². The maximum absolute atomic E-state index is 13.0. The van der Waals surface area contributed by atoms with E-state index in [9.17, 15) is 24.8 Å². The van der Waals surface area contributed by atoms with Crippen molar-refractivity contribution in [1.29, 1.82) is 0 Å². The van der Waals surface area contributed by atoms with Gasteiger partial charge < -0.3 is 14.9 Å². The second kappa shape index (κ2) is 10.2. The Kier molecular flexibility index (Phi) is 7.37. The lowest BCUT2D eigenvalue weighted by molar-refractivity contribution is -0.384. The van der Waals surface area contributed by atoms with Gasteiger partial charge in [0.15, 0.2) is 0 Å². The van der Waals surface area contributed by atoms with Crippen LogP contribution in [0.25, 0.3) is 5.76 Å². The molecule has 168 valence electrons. The fourth-order valence-corrected chi connectivity index (χ4v) is 4.02. The molecular weight excluding hydrogens is 410 g/mol. The van der Waals surface area contributed by atoms with Crippen molar-refractivity contribution in [3.8, 4) is 0 Å². The molecule has 1 saturated heterocycles. The number of non-ortho nitro benzene ring substituents is 1. The predicted octanol–water partition coefficient (Wildman–Crippen LogP) is 3.75. The van der Waals surface area contributed by atoms with Gasteiger partial charge in [0.25, 0.3) is 17.4 Å². The first-order chi connectivity index (χ1) is 15.4. The third-order valence-electron chi connectivity index (χ3n) is 5.75. The summed E-state index contributed by atoms with van der Waals surface area (Å²) in [5, 5.41) is 22.3. The van der Waals surface area contributed by atoms with Gasteiger partial charge in [-0.2, -0.15) is 0 Å². The van der Waals surface area contributed by atoms with Crippen LogP contribution in [-0.2, 0) is 9.59 Å². The van der Waals surface area contributed by atoms with E-state index in [1.807, 2.05) is 0 Å². The summed E-state index contributed by atoms with van der Waals surface area (Å²) in [7, 11) is 0. The molecule has 1 amide bonds. The van der Waals surface area contributed by atoms with Gasteiger partial charge in [0, 0.05) is 24.2 Å². The second-order valence-electron chi connectivity index (χ2n) is 7.59. The zero-order valence-corrected chi connectivity index (χ0v) is 18.2. The number of nitro benzene ring substituents is 1. The van der Waals surface area contributed by atoms with Crippen LogP contribution >= 0.6 is 0 Å². The number of carbonyl (C=O) groups is 2. The molecular formula is C24H27N3O5. The van der Waals surface area contributed by atoms with Crippen molar-refractivity contribution < 1.29 is 19.6 Å². The number of hydrogen-bond acceptors (Lipinski definition) is 6. The summed E-state index contributed by atoms with van der Waals surface area (Å²) < 4.78 is 0. The van der Waals surface area contributed by atoms with Crippen molar-refractivity contribution in [2.45, 2.75) is 26.3 Å². The van der Waals surface area contributed by atoms with E-state index in [0.29, 0.717) is 24.1 Å². The topological polar surface area (TPSA) is 104 Å². The van der Waals surface area contributed by atoms with Gasteiger partial charge in [0.05, 0.1) is 16.5 Å². The number of likely N-dealkylation sites (tertiary alicyclic amines) is 1. The molecule has 2 aromatic rings. The highest BCUT2D eigenvalue weighted by Gasteiger charge is 2.46. The molecule has 1 fully saturated rings. The highest BCUT2D eigenvalue weighted by molar-refractivity contribution is 6.46.